The van der Waals surface area contributed by atoms with Crippen LogP contribution in [-0.4, -0.2) is 35.5 Å². The summed E-state index contributed by atoms with van der Waals surface area (Å²) in [5, 5.41) is 10.8. The second-order valence-corrected chi connectivity index (χ2v) is 3.61. The number of carbonyl (C=O) groups excluding carboxylic acids is 1. The van der Waals surface area contributed by atoms with Crippen molar-refractivity contribution in [3.05, 3.63) is 0 Å². The lowest BCUT2D eigenvalue weighted by Crippen LogP contribution is -2.26. The van der Waals surface area contributed by atoms with Crippen LogP contribution in [0, 0.1) is 0 Å². The second-order valence-electron chi connectivity index (χ2n) is 2.62. The van der Waals surface area contributed by atoms with Crippen molar-refractivity contribution in [2.24, 2.45) is 0 Å². The van der Waals surface area contributed by atoms with E-state index in [2.05, 4.69) is 5.32 Å². The first-order chi connectivity index (χ1) is 6.16. The average molecular weight is 205 g/mol. The Hall–Kier alpha value is -0.710. The summed E-state index contributed by atoms with van der Waals surface area (Å²) >= 11 is 1.76. The summed E-state index contributed by atoms with van der Waals surface area (Å²) in [5.41, 5.74) is 0. The van der Waals surface area contributed by atoms with Crippen molar-refractivity contribution in [1.29, 1.82) is 0 Å². The summed E-state index contributed by atoms with van der Waals surface area (Å²) in [5.74, 6) is -0.410. The number of carboxylic acid groups (broad SMARTS) is 1. The highest BCUT2D eigenvalue weighted by Crippen LogP contribution is 1.97. The van der Waals surface area contributed by atoms with Crippen LogP contribution in [0.2, 0.25) is 0 Å². The fourth-order valence-corrected chi connectivity index (χ4v) is 1.29. The highest BCUT2D eigenvalue weighted by atomic mass is 32.2. The van der Waals surface area contributed by atoms with Gasteiger partial charge in [0.15, 0.2) is 0 Å². The molecule has 0 spiro atoms. The molecular weight excluding hydrogens is 190 g/mol. The van der Waals surface area contributed by atoms with Crippen LogP contribution in [0.1, 0.15) is 19.3 Å². The average Bonchev–Trinajstić information content (AvgIpc) is 2.02. The maximum Gasteiger partial charge on any atom is 0.312 e. The largest absolute Gasteiger partial charge is 0.481 e. The van der Waals surface area contributed by atoms with Crippen molar-refractivity contribution < 1.29 is 14.7 Å². The zero-order valence-corrected chi connectivity index (χ0v) is 8.52. The third kappa shape index (κ3) is 9.20. The van der Waals surface area contributed by atoms with Gasteiger partial charge in [-0.3, -0.25) is 9.59 Å². The Balaban J connectivity index is 3.22. The van der Waals surface area contributed by atoms with Gasteiger partial charge in [0.2, 0.25) is 5.91 Å². The minimum absolute atomic E-state index is 0.406. The Labute approximate surface area is 82.1 Å². The lowest BCUT2D eigenvalue weighted by Gasteiger charge is -2.02. The standard InChI is InChI=1S/C8H15NO3S/c1-13-5-3-2-4-9-7(10)6-8(11)12/h2-6H2,1H3,(H,9,10)(H,11,12). The van der Waals surface area contributed by atoms with E-state index >= 15 is 0 Å². The molecule has 0 fully saturated rings. The predicted octanol–water partition coefficient (Wildman–Crippen LogP) is 0.721. The molecule has 0 aromatic heterocycles. The highest BCUT2D eigenvalue weighted by Gasteiger charge is 2.05. The van der Waals surface area contributed by atoms with Gasteiger partial charge in [-0.1, -0.05) is 0 Å². The molecule has 4 nitrogen and oxygen atoms in total. The first-order valence-corrected chi connectivity index (χ1v) is 5.53. The molecule has 0 aliphatic heterocycles. The van der Waals surface area contributed by atoms with Crippen molar-refractivity contribution in [1.82, 2.24) is 5.32 Å². The van der Waals surface area contributed by atoms with Crippen molar-refractivity contribution in [2.75, 3.05) is 18.6 Å². The van der Waals surface area contributed by atoms with Crippen LogP contribution >= 0.6 is 11.8 Å². The van der Waals surface area contributed by atoms with E-state index in [4.69, 9.17) is 5.11 Å². The summed E-state index contributed by atoms with van der Waals surface area (Å²) in [7, 11) is 0. The number of hydrogen-bond acceptors (Lipinski definition) is 3. The molecule has 0 bridgehead atoms. The number of nitrogens with one attached hydrogen (secondary N) is 1. The van der Waals surface area contributed by atoms with Gasteiger partial charge in [0.25, 0.3) is 0 Å². The van der Waals surface area contributed by atoms with E-state index in [0.717, 1.165) is 18.6 Å². The van der Waals surface area contributed by atoms with Gasteiger partial charge in [-0.25, -0.2) is 0 Å². The molecule has 76 valence electrons. The number of carbonyl (C=O) groups is 2. The minimum Gasteiger partial charge on any atom is -0.481 e. The number of amides is 1. The predicted molar refractivity (Wildman–Crippen MR) is 52.9 cm³/mol. The molecular formula is C8H15NO3S. The molecule has 0 aromatic carbocycles. The number of hydrogen-bond donors (Lipinski definition) is 2. The van der Waals surface area contributed by atoms with Crippen LogP contribution in [0.4, 0.5) is 0 Å². The molecule has 5 heteroatoms. The van der Waals surface area contributed by atoms with Gasteiger partial charge < -0.3 is 10.4 Å². The van der Waals surface area contributed by atoms with Crippen molar-refractivity contribution >= 4 is 23.6 Å². The fourth-order valence-electron chi connectivity index (χ4n) is 0.799. The lowest BCUT2D eigenvalue weighted by molar-refractivity contribution is -0.140. The zero-order valence-electron chi connectivity index (χ0n) is 7.71. The van der Waals surface area contributed by atoms with Gasteiger partial charge in [0.05, 0.1) is 0 Å². The van der Waals surface area contributed by atoms with Gasteiger partial charge in [0.1, 0.15) is 6.42 Å². The van der Waals surface area contributed by atoms with E-state index in [1.54, 1.807) is 11.8 Å². The maximum absolute atomic E-state index is 10.8. The molecule has 0 aliphatic rings. The van der Waals surface area contributed by atoms with Crippen LogP contribution in [0.25, 0.3) is 0 Å². The summed E-state index contributed by atoms with van der Waals surface area (Å²) in [6, 6.07) is 0. The van der Waals surface area contributed by atoms with E-state index in [0.29, 0.717) is 6.54 Å². The molecule has 2 N–H and O–H groups in total. The quantitative estimate of drug-likeness (QED) is 0.475. The zero-order chi connectivity index (χ0) is 10.1. The number of thioether (sulfide) groups is 1. The normalized spacial score (nSPS) is 9.62. The van der Waals surface area contributed by atoms with Crippen LogP contribution in [0.5, 0.6) is 0 Å². The van der Waals surface area contributed by atoms with E-state index in [1.165, 1.54) is 0 Å². The van der Waals surface area contributed by atoms with Crippen LogP contribution < -0.4 is 5.32 Å². The third-order valence-corrected chi connectivity index (χ3v) is 2.11. The topological polar surface area (TPSA) is 66.4 Å². The summed E-state index contributed by atoms with van der Waals surface area (Å²) in [6.45, 7) is 0.576. The molecule has 13 heavy (non-hydrogen) atoms. The number of aliphatic carboxylic acids is 1. The first kappa shape index (κ1) is 12.3. The van der Waals surface area contributed by atoms with Gasteiger partial charge in [-0.2, -0.15) is 11.8 Å². The van der Waals surface area contributed by atoms with Gasteiger partial charge in [-0.05, 0) is 24.9 Å². The molecule has 0 atom stereocenters. The SMILES string of the molecule is CSCCCCNC(=O)CC(=O)O. The van der Waals surface area contributed by atoms with Crippen LogP contribution in [0.3, 0.4) is 0 Å². The first-order valence-electron chi connectivity index (χ1n) is 4.14. The summed E-state index contributed by atoms with van der Waals surface area (Å²) < 4.78 is 0. The Morgan fingerprint density at radius 2 is 2.08 bits per heavy atom. The molecule has 0 aliphatic carbocycles. The van der Waals surface area contributed by atoms with Crippen molar-refractivity contribution in [3.8, 4) is 0 Å². The minimum atomic E-state index is -1.08. The smallest absolute Gasteiger partial charge is 0.312 e. The summed E-state index contributed by atoms with van der Waals surface area (Å²) in [4.78, 5) is 20.9. The van der Waals surface area contributed by atoms with Gasteiger partial charge in [-0.15, -0.1) is 0 Å². The molecule has 0 saturated heterocycles. The summed E-state index contributed by atoms with van der Waals surface area (Å²) in [6.07, 6.45) is 3.56. The molecule has 0 aromatic rings. The van der Waals surface area contributed by atoms with Gasteiger partial charge in [0, 0.05) is 6.54 Å². The number of carboxylic acids is 1. The molecule has 0 unspecified atom stereocenters. The van der Waals surface area contributed by atoms with Crippen LogP contribution in [0.15, 0.2) is 0 Å². The molecule has 0 heterocycles. The lowest BCUT2D eigenvalue weighted by atomic mass is 10.3. The Morgan fingerprint density at radius 3 is 2.62 bits per heavy atom. The Kier molecular flexibility index (Phi) is 7.48. The maximum atomic E-state index is 10.8. The van der Waals surface area contributed by atoms with E-state index in [9.17, 15) is 9.59 Å². The molecule has 1 amide bonds. The van der Waals surface area contributed by atoms with E-state index in [1.807, 2.05) is 6.26 Å². The van der Waals surface area contributed by atoms with Crippen LogP contribution in [-0.2, 0) is 9.59 Å². The third-order valence-electron chi connectivity index (χ3n) is 1.41. The van der Waals surface area contributed by atoms with Crippen molar-refractivity contribution in [3.63, 3.8) is 0 Å². The monoisotopic (exact) mass is 205 g/mol. The van der Waals surface area contributed by atoms with Gasteiger partial charge >= 0.3 is 5.97 Å². The van der Waals surface area contributed by atoms with E-state index < -0.39 is 18.3 Å². The van der Waals surface area contributed by atoms with E-state index in [-0.39, 0.29) is 0 Å². The molecule has 0 saturated carbocycles. The highest BCUT2D eigenvalue weighted by molar-refractivity contribution is 7.98. The van der Waals surface area contributed by atoms with Crippen molar-refractivity contribution in [2.45, 2.75) is 19.3 Å². The number of unbranched alkanes of at least 4 members (excludes halogenated alkanes) is 1. The second kappa shape index (κ2) is 7.91. The number of rotatable bonds is 7. The molecule has 0 rings (SSSR count). The fraction of sp³-hybridized carbons (Fsp3) is 0.750. The Morgan fingerprint density at radius 1 is 1.38 bits per heavy atom. The molecule has 0 radical (unpaired) electrons. The Bertz CT molecular complexity index is 173.